The largest absolute Gasteiger partial charge is 0.486 e. The summed E-state index contributed by atoms with van der Waals surface area (Å²) in [5.74, 6) is 1.62. The van der Waals surface area contributed by atoms with Crippen LogP contribution in [0, 0.1) is 0 Å². The Kier molecular flexibility index (Phi) is 5.23. The summed E-state index contributed by atoms with van der Waals surface area (Å²) in [6.07, 6.45) is 0. The fraction of sp³-hybridized carbons (Fsp3) is 0.500. The van der Waals surface area contributed by atoms with E-state index in [1.165, 1.54) is 0 Å². The monoisotopic (exact) mass is 387 g/mol. The number of nitrogens with one attached hydrogen (secondary N) is 1. The van der Waals surface area contributed by atoms with Gasteiger partial charge >= 0.3 is 0 Å². The Bertz CT molecular complexity index is 842. The molecular formula is C20H25N3O5. The first-order chi connectivity index (χ1) is 13.5. The average Bonchev–Trinajstić information content (AvgIpc) is 3.23. The molecule has 1 fully saturated rings. The molecule has 0 aliphatic carbocycles. The zero-order valence-corrected chi connectivity index (χ0v) is 16.2. The van der Waals surface area contributed by atoms with Gasteiger partial charge in [-0.05, 0) is 32.0 Å². The molecule has 0 bridgehead atoms. The molecule has 1 aromatic carbocycles. The molecule has 8 nitrogen and oxygen atoms in total. The normalized spacial score (nSPS) is 17.4. The number of hydrogen-bond donors (Lipinski definition) is 1. The molecule has 2 aliphatic rings. The first-order valence-electron chi connectivity index (χ1n) is 9.51. The van der Waals surface area contributed by atoms with Gasteiger partial charge in [0, 0.05) is 36.8 Å². The molecule has 0 unspecified atom stereocenters. The summed E-state index contributed by atoms with van der Waals surface area (Å²) in [6, 6.07) is 7.16. The lowest BCUT2D eigenvalue weighted by Gasteiger charge is -2.40. The van der Waals surface area contributed by atoms with Crippen molar-refractivity contribution >= 4 is 5.91 Å². The quantitative estimate of drug-likeness (QED) is 0.839. The number of benzene rings is 1. The summed E-state index contributed by atoms with van der Waals surface area (Å²) in [6.45, 7) is 8.96. The topological polar surface area (TPSA) is 86.1 Å². The molecule has 0 atom stereocenters. The van der Waals surface area contributed by atoms with Gasteiger partial charge in [-0.3, -0.25) is 9.69 Å². The van der Waals surface area contributed by atoms with Gasteiger partial charge in [-0.1, -0.05) is 5.16 Å². The molecule has 1 amide bonds. The fourth-order valence-corrected chi connectivity index (χ4v) is 3.38. The highest BCUT2D eigenvalue weighted by Gasteiger charge is 2.29. The van der Waals surface area contributed by atoms with Crippen LogP contribution < -0.4 is 14.8 Å². The zero-order chi connectivity index (χ0) is 19.6. The van der Waals surface area contributed by atoms with Gasteiger partial charge in [-0.2, -0.15) is 0 Å². The second kappa shape index (κ2) is 7.81. The van der Waals surface area contributed by atoms with Gasteiger partial charge in [0.15, 0.2) is 23.0 Å². The van der Waals surface area contributed by atoms with Crippen LogP contribution in [0.5, 0.6) is 11.5 Å². The molecule has 0 radical (unpaired) electrons. The number of rotatable bonds is 5. The van der Waals surface area contributed by atoms with Crippen molar-refractivity contribution in [1.29, 1.82) is 0 Å². The zero-order valence-electron chi connectivity index (χ0n) is 16.2. The number of hydrogen-bond acceptors (Lipinski definition) is 7. The minimum absolute atomic E-state index is 0.165. The van der Waals surface area contributed by atoms with Crippen LogP contribution in [0.4, 0.5) is 0 Å². The molecule has 1 saturated heterocycles. The second-order valence-corrected chi connectivity index (χ2v) is 7.53. The van der Waals surface area contributed by atoms with Crippen LogP contribution in [0.15, 0.2) is 28.8 Å². The van der Waals surface area contributed by atoms with Crippen molar-refractivity contribution in [1.82, 2.24) is 15.4 Å². The molecule has 1 N–H and O–H groups in total. The molecule has 28 heavy (non-hydrogen) atoms. The number of ether oxygens (including phenoxy) is 3. The van der Waals surface area contributed by atoms with Crippen molar-refractivity contribution in [2.45, 2.75) is 19.4 Å². The van der Waals surface area contributed by atoms with Crippen molar-refractivity contribution in [3.8, 4) is 22.8 Å². The van der Waals surface area contributed by atoms with Gasteiger partial charge < -0.3 is 24.1 Å². The van der Waals surface area contributed by atoms with E-state index in [-0.39, 0.29) is 17.1 Å². The van der Waals surface area contributed by atoms with E-state index < -0.39 is 0 Å². The molecule has 3 heterocycles. The molecule has 150 valence electrons. The van der Waals surface area contributed by atoms with Gasteiger partial charge in [0.25, 0.3) is 5.91 Å². The lowest BCUT2D eigenvalue weighted by Crippen LogP contribution is -2.55. The van der Waals surface area contributed by atoms with Crippen molar-refractivity contribution in [3.63, 3.8) is 0 Å². The molecule has 2 aliphatic heterocycles. The molecule has 1 aromatic heterocycles. The molecule has 8 heteroatoms. The summed E-state index contributed by atoms with van der Waals surface area (Å²) in [7, 11) is 0. The number of carbonyl (C=O) groups excluding carboxylic acids is 1. The Morgan fingerprint density at radius 3 is 2.64 bits per heavy atom. The maximum Gasteiger partial charge on any atom is 0.273 e. The Morgan fingerprint density at radius 1 is 1.11 bits per heavy atom. The van der Waals surface area contributed by atoms with E-state index in [1.807, 2.05) is 18.2 Å². The smallest absolute Gasteiger partial charge is 0.273 e. The Morgan fingerprint density at radius 2 is 1.86 bits per heavy atom. The minimum Gasteiger partial charge on any atom is -0.486 e. The number of amides is 1. The summed E-state index contributed by atoms with van der Waals surface area (Å²) >= 11 is 0. The Hall–Kier alpha value is -2.58. The summed E-state index contributed by atoms with van der Waals surface area (Å²) in [5.41, 5.74) is 0.870. The van der Waals surface area contributed by atoms with E-state index >= 15 is 0 Å². The van der Waals surface area contributed by atoms with Crippen molar-refractivity contribution in [2.24, 2.45) is 0 Å². The highest BCUT2D eigenvalue weighted by molar-refractivity contribution is 5.93. The van der Waals surface area contributed by atoms with E-state index in [1.54, 1.807) is 6.07 Å². The average molecular weight is 387 g/mol. The SMILES string of the molecule is CC(C)(CNC(=O)c1cc(-c2ccc3c(c2)OCCO3)on1)N1CCOCC1. The Balaban J connectivity index is 1.40. The Labute approximate surface area is 163 Å². The molecule has 0 saturated carbocycles. The third-order valence-corrected chi connectivity index (χ3v) is 5.12. The maximum atomic E-state index is 12.5. The lowest BCUT2D eigenvalue weighted by atomic mass is 10.0. The van der Waals surface area contributed by atoms with Gasteiger partial charge in [0.05, 0.1) is 13.2 Å². The number of fused-ring (bicyclic) bond motifs is 1. The van der Waals surface area contributed by atoms with Gasteiger partial charge in [0.2, 0.25) is 0 Å². The van der Waals surface area contributed by atoms with Crippen LogP contribution in [0.3, 0.4) is 0 Å². The van der Waals surface area contributed by atoms with Crippen LogP contribution in [-0.4, -0.2) is 67.6 Å². The van der Waals surface area contributed by atoms with Crippen molar-refractivity contribution in [3.05, 3.63) is 30.0 Å². The molecule has 0 spiro atoms. The fourth-order valence-electron chi connectivity index (χ4n) is 3.38. The van der Waals surface area contributed by atoms with Crippen LogP contribution in [-0.2, 0) is 4.74 Å². The number of nitrogens with zero attached hydrogens (tertiary/aromatic N) is 2. The van der Waals surface area contributed by atoms with Gasteiger partial charge in [-0.25, -0.2) is 0 Å². The minimum atomic E-state index is -0.256. The third-order valence-electron chi connectivity index (χ3n) is 5.12. The summed E-state index contributed by atoms with van der Waals surface area (Å²) < 4.78 is 21.9. The van der Waals surface area contributed by atoms with Crippen LogP contribution in [0.25, 0.3) is 11.3 Å². The predicted octanol–water partition coefficient (Wildman–Crippen LogP) is 1.95. The number of carbonyl (C=O) groups is 1. The van der Waals surface area contributed by atoms with Crippen LogP contribution in [0.2, 0.25) is 0 Å². The van der Waals surface area contributed by atoms with E-state index in [0.717, 1.165) is 31.9 Å². The van der Waals surface area contributed by atoms with Gasteiger partial charge in [-0.15, -0.1) is 0 Å². The summed E-state index contributed by atoms with van der Waals surface area (Å²) in [4.78, 5) is 14.8. The van der Waals surface area contributed by atoms with E-state index in [4.69, 9.17) is 18.7 Å². The highest BCUT2D eigenvalue weighted by Crippen LogP contribution is 2.34. The van der Waals surface area contributed by atoms with Crippen molar-refractivity contribution < 1.29 is 23.5 Å². The van der Waals surface area contributed by atoms with Crippen LogP contribution in [0.1, 0.15) is 24.3 Å². The third kappa shape index (κ3) is 3.98. The van der Waals surface area contributed by atoms with Crippen molar-refractivity contribution in [2.75, 3.05) is 46.1 Å². The molecule has 4 rings (SSSR count). The molecular weight excluding hydrogens is 362 g/mol. The summed E-state index contributed by atoms with van der Waals surface area (Å²) in [5, 5.41) is 6.89. The second-order valence-electron chi connectivity index (χ2n) is 7.53. The maximum absolute atomic E-state index is 12.5. The standard InChI is InChI=1S/C20H25N3O5/c1-20(2,23-5-7-25-8-6-23)13-21-19(24)15-12-17(28-22-15)14-3-4-16-18(11-14)27-10-9-26-16/h3-4,11-12H,5-10,13H2,1-2H3,(H,21,24). The van der Waals surface area contributed by atoms with Gasteiger partial charge in [0.1, 0.15) is 13.2 Å². The molecule has 2 aromatic rings. The lowest BCUT2D eigenvalue weighted by molar-refractivity contribution is -0.00925. The number of aromatic nitrogens is 1. The van der Waals surface area contributed by atoms with E-state index in [0.29, 0.717) is 37.0 Å². The first-order valence-corrected chi connectivity index (χ1v) is 9.51. The highest BCUT2D eigenvalue weighted by atomic mass is 16.6. The number of morpholine rings is 1. The van der Waals surface area contributed by atoms with E-state index in [9.17, 15) is 4.79 Å². The predicted molar refractivity (Wildman–Crippen MR) is 102 cm³/mol. The van der Waals surface area contributed by atoms with E-state index in [2.05, 4.69) is 29.2 Å². The first kappa shape index (κ1) is 18.8. The van der Waals surface area contributed by atoms with Crippen LogP contribution >= 0.6 is 0 Å².